The average Bonchev–Trinajstić information content (AvgIpc) is 2.42. The zero-order valence-corrected chi connectivity index (χ0v) is 10.2. The summed E-state index contributed by atoms with van der Waals surface area (Å²) in [4.78, 5) is 5.06. The summed E-state index contributed by atoms with van der Waals surface area (Å²) in [6.07, 6.45) is 0. The molecule has 1 aliphatic rings. The van der Waals surface area contributed by atoms with Crippen LogP contribution in [0.1, 0.15) is 5.56 Å². The van der Waals surface area contributed by atoms with Crippen molar-refractivity contribution in [2.45, 2.75) is 6.54 Å². The lowest BCUT2D eigenvalue weighted by molar-refractivity contribution is 0.228. The molecule has 18 heavy (non-hydrogen) atoms. The summed E-state index contributed by atoms with van der Waals surface area (Å²) in [5, 5.41) is 6.72. The van der Waals surface area contributed by atoms with E-state index in [4.69, 9.17) is 10.3 Å². The fraction of sp³-hybridized carbons (Fsp3) is 0.500. The van der Waals surface area contributed by atoms with Crippen LogP contribution in [0.25, 0.3) is 10.4 Å². The third kappa shape index (κ3) is 3.63. The summed E-state index contributed by atoms with van der Waals surface area (Å²) < 4.78 is 5.46. The molecule has 1 fully saturated rings. The lowest BCUT2D eigenvalue weighted by Gasteiger charge is -2.27. The summed E-state index contributed by atoms with van der Waals surface area (Å²) in [6, 6.07) is 7.88. The number of para-hydroxylation sites is 1. The predicted octanol–water partition coefficient (Wildman–Crippen LogP) is 1.74. The molecule has 0 aromatic heterocycles. The third-order valence-electron chi connectivity index (χ3n) is 2.92. The second kappa shape index (κ2) is 6.86. The first-order chi connectivity index (χ1) is 8.90. The number of nitrogens with one attached hydrogen (secondary N) is 1. The normalized spacial score (nSPS) is 16.0. The molecular formula is C12H17N5O. The monoisotopic (exact) mass is 247 g/mol. The van der Waals surface area contributed by atoms with Gasteiger partial charge < -0.3 is 10.1 Å². The Balaban J connectivity index is 1.99. The van der Waals surface area contributed by atoms with E-state index in [0.717, 1.165) is 44.0 Å². The van der Waals surface area contributed by atoms with Crippen LogP contribution in [0.15, 0.2) is 29.4 Å². The molecule has 1 aromatic rings. The number of hydrogen-bond acceptors (Lipinski definition) is 4. The van der Waals surface area contributed by atoms with Gasteiger partial charge in [0.1, 0.15) is 5.75 Å². The molecule has 0 radical (unpaired) electrons. The Morgan fingerprint density at radius 1 is 1.33 bits per heavy atom. The van der Waals surface area contributed by atoms with E-state index in [2.05, 4.69) is 20.2 Å². The van der Waals surface area contributed by atoms with E-state index in [-0.39, 0.29) is 6.73 Å². The molecule has 1 aromatic carbocycles. The molecule has 2 rings (SSSR count). The maximum absolute atomic E-state index is 8.24. The van der Waals surface area contributed by atoms with Crippen LogP contribution < -0.4 is 10.1 Å². The zero-order chi connectivity index (χ0) is 12.6. The SMILES string of the molecule is [N-]=[N+]=NCOc1ccccc1CN1CCNCC1. The number of piperazine rings is 1. The number of rotatable bonds is 5. The molecule has 0 amide bonds. The van der Waals surface area contributed by atoms with Crippen LogP contribution in [-0.4, -0.2) is 37.8 Å². The van der Waals surface area contributed by atoms with Crippen molar-refractivity contribution >= 4 is 0 Å². The second-order valence-electron chi connectivity index (χ2n) is 4.14. The van der Waals surface area contributed by atoms with Gasteiger partial charge in [0.2, 0.25) is 0 Å². The Morgan fingerprint density at radius 3 is 2.89 bits per heavy atom. The van der Waals surface area contributed by atoms with Crippen molar-refractivity contribution in [3.05, 3.63) is 40.3 Å². The van der Waals surface area contributed by atoms with Crippen molar-refractivity contribution < 1.29 is 4.74 Å². The maximum atomic E-state index is 8.24. The minimum atomic E-state index is 0.0368. The molecule has 1 saturated heterocycles. The number of nitrogens with zero attached hydrogens (tertiary/aromatic N) is 4. The van der Waals surface area contributed by atoms with Crippen molar-refractivity contribution in [2.75, 3.05) is 32.9 Å². The molecule has 0 bridgehead atoms. The number of ether oxygens (including phenoxy) is 1. The molecule has 96 valence electrons. The first-order valence-corrected chi connectivity index (χ1v) is 6.05. The summed E-state index contributed by atoms with van der Waals surface area (Å²) in [7, 11) is 0. The summed E-state index contributed by atoms with van der Waals surface area (Å²) in [5.41, 5.74) is 9.37. The van der Waals surface area contributed by atoms with Gasteiger partial charge in [0.05, 0.1) is 0 Å². The number of hydrogen-bond donors (Lipinski definition) is 1. The Morgan fingerprint density at radius 2 is 2.11 bits per heavy atom. The van der Waals surface area contributed by atoms with Crippen LogP contribution >= 0.6 is 0 Å². The van der Waals surface area contributed by atoms with Crippen LogP contribution in [-0.2, 0) is 6.54 Å². The highest BCUT2D eigenvalue weighted by atomic mass is 16.5. The van der Waals surface area contributed by atoms with Gasteiger partial charge in [-0.2, -0.15) is 0 Å². The first-order valence-electron chi connectivity index (χ1n) is 6.05. The van der Waals surface area contributed by atoms with E-state index in [1.165, 1.54) is 0 Å². The molecule has 1 N–H and O–H groups in total. The van der Waals surface area contributed by atoms with Crippen LogP contribution in [0.5, 0.6) is 5.75 Å². The smallest absolute Gasteiger partial charge is 0.167 e. The van der Waals surface area contributed by atoms with Crippen LogP contribution in [0.3, 0.4) is 0 Å². The van der Waals surface area contributed by atoms with Gasteiger partial charge in [0.15, 0.2) is 6.73 Å². The van der Waals surface area contributed by atoms with Gasteiger partial charge in [-0.05, 0) is 11.6 Å². The van der Waals surface area contributed by atoms with Crippen molar-refractivity contribution in [3.8, 4) is 5.75 Å². The number of benzene rings is 1. The van der Waals surface area contributed by atoms with E-state index in [0.29, 0.717) is 0 Å². The first kappa shape index (κ1) is 12.7. The molecule has 1 heterocycles. The highest BCUT2D eigenvalue weighted by molar-refractivity contribution is 5.33. The molecule has 1 aliphatic heterocycles. The van der Waals surface area contributed by atoms with E-state index in [1.807, 2.05) is 24.3 Å². The van der Waals surface area contributed by atoms with Crippen molar-refractivity contribution in [1.82, 2.24) is 10.2 Å². The van der Waals surface area contributed by atoms with Crippen LogP contribution in [0, 0.1) is 0 Å². The van der Waals surface area contributed by atoms with Gasteiger partial charge in [-0.15, -0.1) is 0 Å². The van der Waals surface area contributed by atoms with Crippen molar-refractivity contribution in [3.63, 3.8) is 0 Å². The molecular weight excluding hydrogens is 230 g/mol. The molecule has 6 nitrogen and oxygen atoms in total. The molecule has 0 spiro atoms. The Labute approximate surface area is 106 Å². The summed E-state index contributed by atoms with van der Waals surface area (Å²) >= 11 is 0. The molecule has 0 atom stereocenters. The average molecular weight is 247 g/mol. The molecule has 0 saturated carbocycles. The summed E-state index contributed by atoms with van der Waals surface area (Å²) in [6.45, 7) is 5.06. The van der Waals surface area contributed by atoms with Gasteiger partial charge in [-0.3, -0.25) is 4.90 Å². The second-order valence-corrected chi connectivity index (χ2v) is 4.14. The highest BCUT2D eigenvalue weighted by Crippen LogP contribution is 2.20. The Bertz CT molecular complexity index is 424. The van der Waals surface area contributed by atoms with Gasteiger partial charge in [-0.1, -0.05) is 23.3 Å². The highest BCUT2D eigenvalue weighted by Gasteiger charge is 2.12. The van der Waals surface area contributed by atoms with E-state index in [1.54, 1.807) is 0 Å². The van der Waals surface area contributed by atoms with Crippen LogP contribution in [0.4, 0.5) is 0 Å². The number of azide groups is 1. The predicted molar refractivity (Wildman–Crippen MR) is 69.2 cm³/mol. The standard InChI is InChI=1S/C12H17N5O/c13-16-15-10-18-12-4-2-1-3-11(12)9-17-7-5-14-6-8-17/h1-4,14H,5-10H2. The van der Waals surface area contributed by atoms with Crippen molar-refractivity contribution in [2.24, 2.45) is 5.11 Å². The minimum absolute atomic E-state index is 0.0368. The fourth-order valence-electron chi connectivity index (χ4n) is 2.01. The summed E-state index contributed by atoms with van der Waals surface area (Å²) in [5.74, 6) is 0.795. The van der Waals surface area contributed by atoms with E-state index in [9.17, 15) is 0 Å². The Kier molecular flexibility index (Phi) is 4.84. The van der Waals surface area contributed by atoms with Crippen LogP contribution in [0.2, 0.25) is 0 Å². The minimum Gasteiger partial charge on any atom is -0.487 e. The topological polar surface area (TPSA) is 73.3 Å². The van der Waals surface area contributed by atoms with E-state index >= 15 is 0 Å². The lowest BCUT2D eigenvalue weighted by Crippen LogP contribution is -2.42. The van der Waals surface area contributed by atoms with Gasteiger partial charge in [0.25, 0.3) is 0 Å². The van der Waals surface area contributed by atoms with E-state index < -0.39 is 0 Å². The molecule has 0 aliphatic carbocycles. The lowest BCUT2D eigenvalue weighted by atomic mass is 10.2. The van der Waals surface area contributed by atoms with Crippen molar-refractivity contribution in [1.29, 1.82) is 0 Å². The Hall–Kier alpha value is -1.75. The maximum Gasteiger partial charge on any atom is 0.167 e. The quantitative estimate of drug-likeness (QED) is 0.489. The fourth-order valence-corrected chi connectivity index (χ4v) is 2.01. The third-order valence-corrected chi connectivity index (χ3v) is 2.92. The molecule has 0 unspecified atom stereocenters. The van der Waals surface area contributed by atoms with Gasteiger partial charge >= 0.3 is 0 Å². The molecule has 6 heteroatoms. The largest absolute Gasteiger partial charge is 0.487 e. The van der Waals surface area contributed by atoms with Gasteiger partial charge in [0, 0.05) is 43.2 Å². The zero-order valence-electron chi connectivity index (χ0n) is 10.2. The van der Waals surface area contributed by atoms with Gasteiger partial charge in [-0.25, -0.2) is 0 Å².